The molecule has 1 aliphatic rings. The van der Waals surface area contributed by atoms with Crippen LogP contribution in [-0.4, -0.2) is 12.8 Å². The van der Waals surface area contributed by atoms with Gasteiger partial charge in [0.2, 0.25) is 0 Å². The Morgan fingerprint density at radius 3 is 1.70 bits per heavy atom. The summed E-state index contributed by atoms with van der Waals surface area (Å²) in [5.74, 6) is 0. The number of carbonyl (C=O) groups excluding carboxylic acids is 2. The van der Waals surface area contributed by atoms with Crippen molar-refractivity contribution in [1.82, 2.24) is 7.60 Å². The minimum atomic E-state index is -1.71. The number of nitrogens with one attached hydrogen (secondary N) is 2. The van der Waals surface area contributed by atoms with E-state index in [0.717, 1.165) is 21.3 Å². The molecular weight excluding hydrogens is 467 g/mol. The molecule has 0 aromatic carbocycles. The predicted octanol–water partition coefficient (Wildman–Crippen LogP) is 1.89. The molecule has 1 rings (SSSR count). The summed E-state index contributed by atoms with van der Waals surface area (Å²) in [5.41, 5.74) is 0. The maximum absolute atomic E-state index is 11.0. The van der Waals surface area contributed by atoms with Gasteiger partial charge in [-0.05, 0) is 0 Å². The van der Waals surface area contributed by atoms with Gasteiger partial charge in [0.05, 0.1) is 0 Å². The summed E-state index contributed by atoms with van der Waals surface area (Å²) >= 11 is -1.83. The van der Waals surface area contributed by atoms with E-state index < -0.39 is 33.6 Å². The molecule has 108 valence electrons. The first-order chi connectivity index (χ1) is 9.53. The SMILES string of the molecule is CC[CH](C)[Ti]1([CH](C)CC)[Ti][Ti]([NH]C=O)[Ti][Ti]([NH]C=O)[Ti]1. The summed E-state index contributed by atoms with van der Waals surface area (Å²) in [6.45, 7) is 9.78. The van der Waals surface area contributed by atoms with Crippen LogP contribution >= 0.6 is 0 Å². The number of hydrogen-bond acceptors (Lipinski definition) is 2. The van der Waals surface area contributed by atoms with Gasteiger partial charge in [0.1, 0.15) is 0 Å². The van der Waals surface area contributed by atoms with Gasteiger partial charge in [-0.25, -0.2) is 0 Å². The standard InChI is InChI=1S/2C4H9.2CH3NO.6Ti/c2*1-3-4-2;2*2-1-3;;;;;;/h2*3H,4H2,1-2H3;2*1H,(H2,2,3);;;;;;/q;;;;;;;;2*+1/p-2. The molecule has 2 N–H and O–H groups in total. The Labute approximate surface area is 147 Å². The molecule has 1 saturated heterocycles. The maximum atomic E-state index is 11.0. The summed E-state index contributed by atoms with van der Waals surface area (Å²) in [4.78, 5) is 21.9. The van der Waals surface area contributed by atoms with E-state index in [0.29, 0.717) is 0 Å². The summed E-state index contributed by atoms with van der Waals surface area (Å²) in [7, 11) is -1.71. The molecule has 0 radical (unpaired) electrons. The van der Waals surface area contributed by atoms with Crippen LogP contribution in [0.15, 0.2) is 0 Å². The second kappa shape index (κ2) is 11.0. The Balaban J connectivity index is 3.03. The molecule has 20 heavy (non-hydrogen) atoms. The molecule has 0 saturated carbocycles. The Kier molecular flexibility index (Phi) is 11.7. The predicted molar refractivity (Wildman–Crippen MR) is 57.8 cm³/mol. The van der Waals surface area contributed by atoms with Crippen LogP contribution in [0, 0.1) is 0 Å². The monoisotopic (exact) mass is 490 g/mol. The van der Waals surface area contributed by atoms with Crippen molar-refractivity contribution in [2.75, 3.05) is 0 Å². The van der Waals surface area contributed by atoms with E-state index in [1.165, 1.54) is 12.8 Å². The normalized spacial score (nSPS) is 19.8. The van der Waals surface area contributed by atoms with Crippen LogP contribution in [0.2, 0.25) is 8.45 Å². The van der Waals surface area contributed by atoms with E-state index in [-0.39, 0.29) is 38.2 Å². The van der Waals surface area contributed by atoms with Crippen LogP contribution in [0.3, 0.4) is 0 Å². The molecule has 0 bridgehead atoms. The summed E-state index contributed by atoms with van der Waals surface area (Å²) in [6, 6.07) is 0. The number of rotatable bonds is 8. The van der Waals surface area contributed by atoms with Gasteiger partial charge in [-0.15, -0.1) is 0 Å². The van der Waals surface area contributed by atoms with Gasteiger partial charge >= 0.3 is 151 Å². The zero-order chi connectivity index (χ0) is 15.2. The van der Waals surface area contributed by atoms with Crippen molar-refractivity contribution in [1.29, 1.82) is 0 Å². The van der Waals surface area contributed by atoms with Gasteiger partial charge in [-0.2, -0.15) is 0 Å². The van der Waals surface area contributed by atoms with Gasteiger partial charge in [-0.3, -0.25) is 0 Å². The Morgan fingerprint density at radius 1 is 1.00 bits per heavy atom. The fourth-order valence-corrected chi connectivity index (χ4v) is 370. The summed E-state index contributed by atoms with van der Waals surface area (Å²) in [5, 5.41) is 0. The van der Waals surface area contributed by atoms with Crippen molar-refractivity contribution in [2.24, 2.45) is 0 Å². The third-order valence-corrected chi connectivity index (χ3v) is 173. The number of carbonyl (C=O) groups is 2. The van der Waals surface area contributed by atoms with Crippen molar-refractivity contribution >= 4 is 12.8 Å². The van der Waals surface area contributed by atoms with E-state index in [1.807, 2.05) is 0 Å². The van der Waals surface area contributed by atoms with Gasteiger partial charge in [0, 0.05) is 0 Å². The van der Waals surface area contributed by atoms with Crippen molar-refractivity contribution in [2.45, 2.75) is 49.0 Å². The zero-order valence-corrected chi connectivity index (χ0v) is 21.9. The van der Waals surface area contributed by atoms with Gasteiger partial charge in [0.25, 0.3) is 0 Å². The molecule has 0 aromatic rings. The summed E-state index contributed by atoms with van der Waals surface area (Å²) < 4.78 is 8.65. The van der Waals surface area contributed by atoms with Gasteiger partial charge in [-0.1, -0.05) is 0 Å². The van der Waals surface area contributed by atoms with E-state index >= 15 is 0 Å². The Morgan fingerprint density at radius 2 is 1.40 bits per heavy atom. The van der Waals surface area contributed by atoms with Crippen molar-refractivity contribution in [3.05, 3.63) is 0 Å². The first-order valence-corrected chi connectivity index (χ1v) is 34.4. The molecule has 4 nitrogen and oxygen atoms in total. The molecule has 2 unspecified atom stereocenters. The molecular formula is C10H22N2O2Ti6. The Hall–Kier alpha value is 3.23. The fourth-order valence-electron chi connectivity index (χ4n) is 2.52. The third kappa shape index (κ3) is 5.64. The molecule has 2 amide bonds. The second-order valence-corrected chi connectivity index (χ2v) is 78.7. The van der Waals surface area contributed by atoms with Gasteiger partial charge in [0.15, 0.2) is 0 Å². The van der Waals surface area contributed by atoms with E-state index in [2.05, 4.69) is 35.3 Å². The van der Waals surface area contributed by atoms with Crippen LogP contribution in [0.4, 0.5) is 0 Å². The molecule has 0 aliphatic carbocycles. The van der Waals surface area contributed by atoms with Crippen LogP contribution in [0.5, 0.6) is 0 Å². The first-order valence-electron chi connectivity index (χ1n) is 7.01. The van der Waals surface area contributed by atoms with Crippen molar-refractivity contribution in [3.8, 4) is 0 Å². The molecule has 1 aliphatic heterocycles. The number of amides is 2. The molecule has 0 aromatic heterocycles. The van der Waals surface area contributed by atoms with E-state index in [9.17, 15) is 9.59 Å². The van der Waals surface area contributed by atoms with Gasteiger partial charge < -0.3 is 0 Å². The third-order valence-electron chi connectivity index (χ3n) is 4.10. The molecule has 1 heterocycles. The molecule has 2 atom stereocenters. The molecule has 1 fully saturated rings. The van der Waals surface area contributed by atoms with Crippen LogP contribution in [0.25, 0.3) is 0 Å². The first kappa shape index (κ1) is 21.3. The van der Waals surface area contributed by atoms with Crippen LogP contribution in [-0.2, 0) is 81.4 Å². The second-order valence-electron chi connectivity index (χ2n) is 5.14. The summed E-state index contributed by atoms with van der Waals surface area (Å²) in [6.07, 6.45) is 4.70. The van der Waals surface area contributed by atoms with Crippen LogP contribution < -0.4 is 7.60 Å². The van der Waals surface area contributed by atoms with Crippen LogP contribution in [0.1, 0.15) is 40.5 Å². The van der Waals surface area contributed by atoms with E-state index in [1.54, 1.807) is 0 Å². The van der Waals surface area contributed by atoms with Crippen molar-refractivity contribution < 1.29 is 81.4 Å². The quantitative estimate of drug-likeness (QED) is 0.404. The topological polar surface area (TPSA) is 58.2 Å². The molecule has 0 spiro atoms. The average molecular weight is 490 g/mol. The number of hydrogen-bond donors (Lipinski definition) is 2. The average Bonchev–Trinajstić information content (AvgIpc) is 2.45. The zero-order valence-electron chi connectivity index (χ0n) is 12.5. The molecule has 10 heteroatoms. The Bertz CT molecular complexity index is 305. The minimum absolute atomic E-state index is 0.109. The fraction of sp³-hybridized carbons (Fsp3) is 0.800. The van der Waals surface area contributed by atoms with E-state index in [4.69, 9.17) is 0 Å². The van der Waals surface area contributed by atoms with Crippen molar-refractivity contribution in [3.63, 3.8) is 0 Å².